The number of imide groups is 1. The molecule has 0 radical (unpaired) electrons. The van der Waals surface area contributed by atoms with E-state index < -0.39 is 12.2 Å². The van der Waals surface area contributed by atoms with Crippen molar-refractivity contribution in [2.45, 2.75) is 6.42 Å². The molecule has 76 valence electrons. The second-order valence-electron chi connectivity index (χ2n) is 2.53. The third-order valence-corrected chi connectivity index (χ3v) is 1.61. The number of imidazole rings is 1. The lowest BCUT2D eigenvalue weighted by Crippen LogP contribution is -2.36. The molecule has 0 aliphatic carbocycles. The van der Waals surface area contributed by atoms with E-state index in [1.807, 2.05) is 0 Å². The molecule has 0 aromatic carbocycles. The van der Waals surface area contributed by atoms with E-state index in [-0.39, 0.29) is 13.0 Å². The molecule has 3 N–H and O–H groups in total. The van der Waals surface area contributed by atoms with Crippen molar-refractivity contribution in [3.8, 4) is 0 Å². The second kappa shape index (κ2) is 4.26. The molecule has 1 aromatic rings. The number of aromatic amines is 1. The molecule has 7 heteroatoms. The minimum Gasteiger partial charge on any atom is -0.465 e. The fourth-order valence-electron chi connectivity index (χ4n) is 0.927. The van der Waals surface area contributed by atoms with Crippen LogP contribution in [0.15, 0.2) is 12.5 Å². The van der Waals surface area contributed by atoms with Gasteiger partial charge in [-0.3, -0.25) is 0 Å². The second-order valence-corrected chi connectivity index (χ2v) is 2.53. The lowest BCUT2D eigenvalue weighted by molar-refractivity contribution is 0.123. The number of aromatic nitrogens is 2. The molecule has 0 unspecified atom stereocenters. The number of amides is 2. The molecule has 0 atom stereocenters. The van der Waals surface area contributed by atoms with Gasteiger partial charge in [-0.15, -0.1) is 0 Å². The summed E-state index contributed by atoms with van der Waals surface area (Å²) in [7, 11) is 0. The summed E-state index contributed by atoms with van der Waals surface area (Å²) in [4.78, 5) is 27.7. The van der Waals surface area contributed by atoms with Crippen LogP contribution in [0.3, 0.4) is 0 Å². The van der Waals surface area contributed by atoms with Crippen molar-refractivity contribution in [3.63, 3.8) is 0 Å². The Kier molecular flexibility index (Phi) is 3.05. The van der Waals surface area contributed by atoms with E-state index in [1.165, 1.54) is 6.33 Å². The maximum absolute atomic E-state index is 10.4. The number of hydrogen-bond donors (Lipinski definition) is 3. The molecule has 0 spiro atoms. The highest BCUT2D eigenvalue weighted by atomic mass is 16.4. The van der Waals surface area contributed by atoms with Crippen LogP contribution in [0, 0.1) is 0 Å². The van der Waals surface area contributed by atoms with Gasteiger partial charge in [-0.25, -0.2) is 19.5 Å². The first-order valence-electron chi connectivity index (χ1n) is 3.82. The fourth-order valence-corrected chi connectivity index (χ4v) is 0.927. The first-order chi connectivity index (χ1) is 6.61. The third-order valence-electron chi connectivity index (χ3n) is 1.61. The van der Waals surface area contributed by atoms with Gasteiger partial charge in [0.05, 0.1) is 12.0 Å². The van der Waals surface area contributed by atoms with E-state index in [2.05, 4.69) is 9.97 Å². The number of rotatable bonds is 3. The highest BCUT2D eigenvalue weighted by molar-refractivity contribution is 5.85. The molecule has 0 saturated carbocycles. The first-order valence-corrected chi connectivity index (χ1v) is 3.82. The Labute approximate surface area is 79.0 Å². The summed E-state index contributed by atoms with van der Waals surface area (Å²) in [6.07, 6.45) is 0.339. The zero-order chi connectivity index (χ0) is 10.6. The molecule has 1 aromatic heterocycles. The Hall–Kier alpha value is -2.05. The van der Waals surface area contributed by atoms with Crippen LogP contribution < -0.4 is 0 Å². The average Bonchev–Trinajstić information content (AvgIpc) is 2.55. The van der Waals surface area contributed by atoms with Crippen LogP contribution in [0.5, 0.6) is 0 Å². The van der Waals surface area contributed by atoms with Crippen molar-refractivity contribution in [1.82, 2.24) is 14.9 Å². The summed E-state index contributed by atoms with van der Waals surface area (Å²) >= 11 is 0. The SMILES string of the molecule is O=C(O)N(CCc1c[nH]cn1)C(=O)O. The quantitative estimate of drug-likeness (QED) is 0.661. The minimum atomic E-state index is -1.48. The van der Waals surface area contributed by atoms with E-state index in [9.17, 15) is 9.59 Å². The molecule has 14 heavy (non-hydrogen) atoms. The van der Waals surface area contributed by atoms with Crippen molar-refractivity contribution < 1.29 is 19.8 Å². The smallest absolute Gasteiger partial charge is 0.416 e. The summed E-state index contributed by atoms with van der Waals surface area (Å²) in [6.45, 7) is -0.116. The summed E-state index contributed by atoms with van der Waals surface area (Å²) in [6, 6.07) is 0. The van der Waals surface area contributed by atoms with Gasteiger partial charge in [0.2, 0.25) is 0 Å². The van der Waals surface area contributed by atoms with Crippen LogP contribution in [0.1, 0.15) is 5.69 Å². The summed E-state index contributed by atoms with van der Waals surface area (Å²) in [5, 5.41) is 17.0. The third kappa shape index (κ3) is 2.47. The molecule has 0 bridgehead atoms. The number of hydrogen-bond acceptors (Lipinski definition) is 3. The van der Waals surface area contributed by atoms with Crippen LogP contribution in [0.4, 0.5) is 9.59 Å². The summed E-state index contributed by atoms with van der Waals surface area (Å²) in [5.74, 6) is 0. The predicted molar refractivity (Wildman–Crippen MR) is 45.0 cm³/mol. The zero-order valence-electron chi connectivity index (χ0n) is 7.17. The van der Waals surface area contributed by atoms with Crippen molar-refractivity contribution in [2.24, 2.45) is 0 Å². The highest BCUT2D eigenvalue weighted by Crippen LogP contribution is 1.97. The summed E-state index contributed by atoms with van der Waals surface area (Å²) in [5.41, 5.74) is 0.623. The van der Waals surface area contributed by atoms with Crippen LogP contribution in [0.25, 0.3) is 0 Å². The molecule has 0 saturated heterocycles. The lowest BCUT2D eigenvalue weighted by atomic mass is 10.3. The van der Waals surface area contributed by atoms with Gasteiger partial charge in [0, 0.05) is 19.2 Å². The maximum atomic E-state index is 10.4. The van der Waals surface area contributed by atoms with E-state index in [1.54, 1.807) is 6.20 Å². The Balaban J connectivity index is 2.49. The Morgan fingerprint density at radius 1 is 1.43 bits per heavy atom. The predicted octanol–water partition coefficient (Wildman–Crippen LogP) is 0.610. The Morgan fingerprint density at radius 2 is 2.07 bits per heavy atom. The molecule has 1 rings (SSSR count). The molecule has 2 amide bonds. The molecule has 0 fully saturated rings. The summed E-state index contributed by atoms with van der Waals surface area (Å²) < 4.78 is 0. The fraction of sp³-hybridized carbons (Fsp3) is 0.286. The highest BCUT2D eigenvalue weighted by Gasteiger charge is 2.19. The van der Waals surface area contributed by atoms with Crippen molar-refractivity contribution in [1.29, 1.82) is 0 Å². The Morgan fingerprint density at radius 3 is 2.50 bits per heavy atom. The van der Waals surface area contributed by atoms with Crippen LogP contribution in [-0.4, -0.2) is 43.8 Å². The normalized spacial score (nSPS) is 9.71. The molecule has 0 aliphatic rings. The Bertz CT molecular complexity index is 308. The van der Waals surface area contributed by atoms with Gasteiger partial charge in [0.25, 0.3) is 0 Å². The maximum Gasteiger partial charge on any atom is 0.416 e. The van der Waals surface area contributed by atoms with Crippen molar-refractivity contribution >= 4 is 12.2 Å². The monoisotopic (exact) mass is 199 g/mol. The van der Waals surface area contributed by atoms with E-state index in [4.69, 9.17) is 10.2 Å². The van der Waals surface area contributed by atoms with Crippen LogP contribution in [0.2, 0.25) is 0 Å². The molecule has 7 nitrogen and oxygen atoms in total. The van der Waals surface area contributed by atoms with Gasteiger partial charge in [-0.2, -0.15) is 0 Å². The molecule has 1 heterocycles. The van der Waals surface area contributed by atoms with Crippen LogP contribution >= 0.6 is 0 Å². The van der Waals surface area contributed by atoms with Gasteiger partial charge >= 0.3 is 12.2 Å². The van der Waals surface area contributed by atoms with E-state index >= 15 is 0 Å². The number of carboxylic acid groups (broad SMARTS) is 2. The van der Waals surface area contributed by atoms with Gasteiger partial charge < -0.3 is 15.2 Å². The van der Waals surface area contributed by atoms with Crippen molar-refractivity contribution in [3.05, 3.63) is 18.2 Å². The number of H-pyrrole nitrogens is 1. The lowest BCUT2D eigenvalue weighted by Gasteiger charge is -2.11. The van der Waals surface area contributed by atoms with Gasteiger partial charge in [-0.05, 0) is 0 Å². The van der Waals surface area contributed by atoms with E-state index in [0.29, 0.717) is 10.6 Å². The minimum absolute atomic E-state index is 0.116. The molecular weight excluding hydrogens is 190 g/mol. The topological polar surface area (TPSA) is 107 Å². The number of carbonyl (C=O) groups is 2. The average molecular weight is 199 g/mol. The molecule has 0 aliphatic heterocycles. The zero-order valence-corrected chi connectivity index (χ0v) is 7.17. The van der Waals surface area contributed by atoms with Gasteiger partial charge in [-0.1, -0.05) is 0 Å². The van der Waals surface area contributed by atoms with Crippen LogP contribution in [-0.2, 0) is 6.42 Å². The standard InChI is InChI=1S/C7H9N3O4/c11-6(12)10(7(13)14)2-1-5-3-8-4-9-5/h3-4H,1-2H2,(H,8,9)(H,11,12)(H,13,14). The van der Waals surface area contributed by atoms with Crippen molar-refractivity contribution in [2.75, 3.05) is 6.54 Å². The van der Waals surface area contributed by atoms with Gasteiger partial charge in [0.15, 0.2) is 0 Å². The molecular formula is C7H9N3O4. The van der Waals surface area contributed by atoms with Gasteiger partial charge in [0.1, 0.15) is 0 Å². The van der Waals surface area contributed by atoms with E-state index in [0.717, 1.165) is 0 Å². The first kappa shape index (κ1) is 10.0. The number of nitrogens with zero attached hydrogens (tertiary/aromatic N) is 2. The number of nitrogens with one attached hydrogen (secondary N) is 1. The largest absolute Gasteiger partial charge is 0.465 e.